The molecule has 0 atom stereocenters. The van der Waals surface area contributed by atoms with E-state index in [9.17, 15) is 4.39 Å². The van der Waals surface area contributed by atoms with E-state index in [1.54, 1.807) is 19.2 Å². The molecule has 1 aliphatic heterocycles. The lowest BCUT2D eigenvalue weighted by Crippen LogP contribution is -2.45. The monoisotopic (exact) mass is 451 g/mol. The number of hydrogen-bond donors (Lipinski definition) is 2. The van der Waals surface area contributed by atoms with Crippen LogP contribution in [-0.4, -0.2) is 51.3 Å². The number of methoxy groups -OCH3 is 1. The van der Waals surface area contributed by atoms with Crippen LogP contribution in [0.1, 0.15) is 11.1 Å². The molecule has 7 heteroatoms. The topological polar surface area (TPSA) is 45.8 Å². The largest absolute Gasteiger partial charge is 0.493 e. The fourth-order valence-electron chi connectivity index (χ4n) is 3.16. The van der Waals surface area contributed by atoms with Crippen LogP contribution in [0.2, 0.25) is 0 Å². The van der Waals surface area contributed by atoms with Gasteiger partial charge in [-0.3, -0.25) is 4.90 Å². The number of ether oxygens (including phenoxy) is 2. The molecule has 0 amide bonds. The van der Waals surface area contributed by atoms with Crippen molar-refractivity contribution in [3.05, 3.63) is 57.8 Å². The molecule has 0 aliphatic carbocycles. The molecule has 0 radical (unpaired) electrons. The first-order valence-corrected chi connectivity index (χ1v) is 10.3. The molecule has 28 heavy (non-hydrogen) atoms. The fourth-order valence-corrected chi connectivity index (χ4v) is 3.76. The van der Waals surface area contributed by atoms with E-state index in [-0.39, 0.29) is 5.82 Å². The van der Waals surface area contributed by atoms with Crippen LogP contribution in [0.5, 0.6) is 11.5 Å². The molecule has 0 aromatic heterocycles. The molecule has 2 N–H and O–H groups in total. The number of piperazine rings is 1. The molecule has 2 aromatic carbocycles. The molecule has 0 spiro atoms. The van der Waals surface area contributed by atoms with Gasteiger partial charge in [0.1, 0.15) is 12.4 Å². The van der Waals surface area contributed by atoms with Crippen molar-refractivity contribution in [3.63, 3.8) is 0 Å². The Bertz CT molecular complexity index is 752. The Hall–Kier alpha value is -1.67. The van der Waals surface area contributed by atoms with Gasteiger partial charge in [-0.1, -0.05) is 12.1 Å². The zero-order valence-corrected chi connectivity index (χ0v) is 17.7. The van der Waals surface area contributed by atoms with Crippen molar-refractivity contribution < 1.29 is 13.9 Å². The second kappa shape index (κ2) is 10.8. The average Bonchev–Trinajstić information content (AvgIpc) is 2.72. The Morgan fingerprint density at radius 3 is 2.61 bits per heavy atom. The first kappa shape index (κ1) is 21.0. The molecule has 1 heterocycles. The van der Waals surface area contributed by atoms with Crippen LogP contribution in [0.4, 0.5) is 4.39 Å². The van der Waals surface area contributed by atoms with E-state index in [0.717, 1.165) is 61.4 Å². The van der Waals surface area contributed by atoms with Crippen molar-refractivity contribution in [3.8, 4) is 11.5 Å². The molecule has 152 valence electrons. The van der Waals surface area contributed by atoms with E-state index in [1.165, 1.54) is 12.1 Å². The second-order valence-electron chi connectivity index (χ2n) is 6.79. The molecule has 5 nitrogen and oxygen atoms in total. The fraction of sp³-hybridized carbons (Fsp3) is 0.429. The zero-order chi connectivity index (χ0) is 19.8. The molecular weight excluding hydrogens is 425 g/mol. The van der Waals surface area contributed by atoms with Gasteiger partial charge >= 0.3 is 0 Å². The van der Waals surface area contributed by atoms with Gasteiger partial charge in [0.25, 0.3) is 0 Å². The van der Waals surface area contributed by atoms with E-state index in [0.29, 0.717) is 18.1 Å². The predicted molar refractivity (Wildman–Crippen MR) is 112 cm³/mol. The highest BCUT2D eigenvalue weighted by atomic mass is 79.9. The van der Waals surface area contributed by atoms with Gasteiger partial charge in [0.2, 0.25) is 0 Å². The zero-order valence-electron chi connectivity index (χ0n) is 16.1. The summed E-state index contributed by atoms with van der Waals surface area (Å²) in [4.78, 5) is 2.46. The first-order valence-electron chi connectivity index (χ1n) is 9.53. The highest BCUT2D eigenvalue weighted by Gasteiger charge is 2.13. The van der Waals surface area contributed by atoms with Crippen LogP contribution in [-0.2, 0) is 13.2 Å². The second-order valence-corrected chi connectivity index (χ2v) is 7.65. The van der Waals surface area contributed by atoms with E-state index in [2.05, 4.69) is 31.5 Å². The van der Waals surface area contributed by atoms with Crippen LogP contribution >= 0.6 is 15.9 Å². The van der Waals surface area contributed by atoms with Gasteiger partial charge in [0.15, 0.2) is 11.5 Å². The standard InChI is InChI=1S/C21H27BrFN3O2/c1-27-20-13-17(14-25-8-11-26-9-6-24-7-10-26)12-19(22)21(20)28-15-16-2-4-18(23)5-3-16/h2-5,12-13,24-25H,6-11,14-15H2,1H3. The Labute approximate surface area is 174 Å². The Balaban J connectivity index is 1.53. The number of hydrogen-bond acceptors (Lipinski definition) is 5. The smallest absolute Gasteiger partial charge is 0.175 e. The number of halogens is 2. The van der Waals surface area contributed by atoms with Gasteiger partial charge in [0, 0.05) is 45.8 Å². The lowest BCUT2D eigenvalue weighted by atomic mass is 10.2. The highest BCUT2D eigenvalue weighted by molar-refractivity contribution is 9.10. The van der Waals surface area contributed by atoms with Crippen LogP contribution < -0.4 is 20.1 Å². The molecule has 0 bridgehead atoms. The van der Waals surface area contributed by atoms with Crippen LogP contribution in [0.15, 0.2) is 40.9 Å². The SMILES string of the molecule is COc1cc(CNCCN2CCNCC2)cc(Br)c1OCc1ccc(F)cc1. The van der Waals surface area contributed by atoms with Crippen molar-refractivity contribution in [2.45, 2.75) is 13.2 Å². The molecule has 1 aliphatic rings. The van der Waals surface area contributed by atoms with Gasteiger partial charge < -0.3 is 20.1 Å². The molecule has 1 fully saturated rings. The first-order chi connectivity index (χ1) is 13.7. The Morgan fingerprint density at radius 2 is 1.89 bits per heavy atom. The summed E-state index contributed by atoms with van der Waals surface area (Å²) in [5, 5.41) is 6.86. The minimum Gasteiger partial charge on any atom is -0.493 e. The number of rotatable bonds is 9. The quantitative estimate of drug-likeness (QED) is 0.573. The predicted octanol–water partition coefficient (Wildman–Crippen LogP) is 3.17. The minimum absolute atomic E-state index is 0.253. The van der Waals surface area contributed by atoms with Gasteiger partial charge in [-0.25, -0.2) is 4.39 Å². The maximum atomic E-state index is 13.0. The number of nitrogens with zero attached hydrogens (tertiary/aromatic N) is 1. The summed E-state index contributed by atoms with van der Waals surface area (Å²) < 4.78 is 25.3. The lowest BCUT2D eigenvalue weighted by Gasteiger charge is -2.27. The van der Waals surface area contributed by atoms with Crippen molar-refractivity contribution in [1.82, 2.24) is 15.5 Å². The molecule has 1 saturated heterocycles. The van der Waals surface area contributed by atoms with Crippen molar-refractivity contribution in [1.29, 1.82) is 0 Å². The maximum Gasteiger partial charge on any atom is 0.175 e. The summed E-state index contributed by atoms with van der Waals surface area (Å²) in [5.74, 6) is 1.07. The highest BCUT2D eigenvalue weighted by Crippen LogP contribution is 2.37. The van der Waals surface area contributed by atoms with E-state index in [1.807, 2.05) is 12.1 Å². The number of benzene rings is 2. The molecule has 0 unspecified atom stereocenters. The normalized spacial score (nSPS) is 14.8. The summed E-state index contributed by atoms with van der Waals surface area (Å²) in [6.07, 6.45) is 0. The minimum atomic E-state index is -0.253. The maximum absolute atomic E-state index is 13.0. The Morgan fingerprint density at radius 1 is 1.14 bits per heavy atom. The van der Waals surface area contributed by atoms with Crippen LogP contribution in [0.25, 0.3) is 0 Å². The van der Waals surface area contributed by atoms with Crippen molar-refractivity contribution >= 4 is 15.9 Å². The van der Waals surface area contributed by atoms with E-state index < -0.39 is 0 Å². The molecule has 2 aromatic rings. The van der Waals surface area contributed by atoms with Crippen molar-refractivity contribution in [2.75, 3.05) is 46.4 Å². The van der Waals surface area contributed by atoms with E-state index >= 15 is 0 Å². The van der Waals surface area contributed by atoms with Gasteiger partial charge in [-0.2, -0.15) is 0 Å². The third kappa shape index (κ3) is 6.17. The van der Waals surface area contributed by atoms with Crippen LogP contribution in [0.3, 0.4) is 0 Å². The summed E-state index contributed by atoms with van der Waals surface area (Å²) in [7, 11) is 1.63. The van der Waals surface area contributed by atoms with Gasteiger partial charge in [-0.15, -0.1) is 0 Å². The average molecular weight is 452 g/mol. The molecule has 0 saturated carbocycles. The summed E-state index contributed by atoms with van der Waals surface area (Å²) in [6, 6.07) is 10.3. The molecular formula is C21H27BrFN3O2. The molecule has 3 rings (SSSR count). The third-order valence-electron chi connectivity index (χ3n) is 4.73. The van der Waals surface area contributed by atoms with Crippen molar-refractivity contribution in [2.24, 2.45) is 0 Å². The van der Waals surface area contributed by atoms with Gasteiger partial charge in [0.05, 0.1) is 11.6 Å². The lowest BCUT2D eigenvalue weighted by molar-refractivity contribution is 0.241. The third-order valence-corrected chi connectivity index (χ3v) is 5.32. The van der Waals surface area contributed by atoms with Crippen LogP contribution in [0, 0.1) is 5.82 Å². The summed E-state index contributed by atoms with van der Waals surface area (Å²) in [5.41, 5.74) is 2.02. The summed E-state index contributed by atoms with van der Waals surface area (Å²) in [6.45, 7) is 7.48. The Kier molecular flexibility index (Phi) is 8.09. The van der Waals surface area contributed by atoms with E-state index in [4.69, 9.17) is 9.47 Å². The summed E-state index contributed by atoms with van der Waals surface area (Å²) >= 11 is 3.59. The number of nitrogens with one attached hydrogen (secondary N) is 2. The van der Waals surface area contributed by atoms with Gasteiger partial charge in [-0.05, 0) is 51.3 Å².